The highest BCUT2D eigenvalue weighted by molar-refractivity contribution is 7.08. The van der Waals surface area contributed by atoms with Crippen LogP contribution in [0.1, 0.15) is 29.7 Å². The fourth-order valence-corrected chi connectivity index (χ4v) is 3.02. The van der Waals surface area contributed by atoms with Gasteiger partial charge >= 0.3 is 0 Å². The van der Waals surface area contributed by atoms with Crippen molar-refractivity contribution in [2.24, 2.45) is 0 Å². The topological polar surface area (TPSA) is 55.6 Å². The van der Waals surface area contributed by atoms with E-state index in [-0.39, 0.29) is 6.04 Å². The first-order chi connectivity index (χ1) is 10.2. The first-order valence-electron chi connectivity index (χ1n) is 6.82. The normalized spacial score (nSPS) is 12.5. The first kappa shape index (κ1) is 13.9. The molecule has 3 aromatic rings. The zero-order chi connectivity index (χ0) is 14.7. The van der Waals surface area contributed by atoms with E-state index < -0.39 is 0 Å². The van der Waals surface area contributed by atoms with E-state index in [0.29, 0.717) is 0 Å². The van der Waals surface area contributed by atoms with Gasteiger partial charge in [0.15, 0.2) is 0 Å². The van der Waals surface area contributed by atoms with Gasteiger partial charge in [-0.2, -0.15) is 11.3 Å². The molecular weight excluding hydrogens is 282 g/mol. The molecule has 0 saturated heterocycles. The zero-order valence-electron chi connectivity index (χ0n) is 12.0. The lowest BCUT2D eigenvalue weighted by Gasteiger charge is -2.15. The third-order valence-corrected chi connectivity index (χ3v) is 4.45. The van der Waals surface area contributed by atoms with Gasteiger partial charge in [0.25, 0.3) is 0 Å². The van der Waals surface area contributed by atoms with E-state index in [0.717, 1.165) is 12.2 Å². The van der Waals surface area contributed by atoms with Crippen LogP contribution < -0.4 is 5.32 Å². The smallest absolute Gasteiger partial charge is 0.143 e. The lowest BCUT2D eigenvalue weighted by Crippen LogP contribution is -2.18. The molecule has 0 aliphatic carbocycles. The molecule has 0 radical (unpaired) electrons. The Hall–Kier alpha value is -2.05. The highest BCUT2D eigenvalue weighted by Crippen LogP contribution is 2.18. The number of benzene rings is 1. The van der Waals surface area contributed by atoms with Crippen LogP contribution in [0.3, 0.4) is 0 Å². The SMILES string of the molecule is Cc1cscc1CNC(C)c1cccc(-n2cnnn2)c1. The number of aromatic nitrogens is 4. The molecule has 1 aromatic carbocycles. The molecule has 6 heteroatoms. The van der Waals surface area contributed by atoms with Crippen molar-refractivity contribution in [3.63, 3.8) is 0 Å². The molecule has 1 N–H and O–H groups in total. The molecule has 108 valence electrons. The highest BCUT2D eigenvalue weighted by atomic mass is 32.1. The second-order valence-electron chi connectivity index (χ2n) is 5.03. The summed E-state index contributed by atoms with van der Waals surface area (Å²) in [6.07, 6.45) is 1.60. The largest absolute Gasteiger partial charge is 0.306 e. The number of hydrogen-bond donors (Lipinski definition) is 1. The van der Waals surface area contributed by atoms with Gasteiger partial charge in [0, 0.05) is 12.6 Å². The maximum Gasteiger partial charge on any atom is 0.143 e. The summed E-state index contributed by atoms with van der Waals surface area (Å²) in [5.41, 5.74) is 4.90. The summed E-state index contributed by atoms with van der Waals surface area (Å²) in [4.78, 5) is 0. The van der Waals surface area contributed by atoms with Crippen LogP contribution in [0, 0.1) is 6.92 Å². The molecule has 0 bridgehead atoms. The molecule has 3 rings (SSSR count). The lowest BCUT2D eigenvalue weighted by molar-refractivity contribution is 0.573. The van der Waals surface area contributed by atoms with Crippen molar-refractivity contribution in [1.82, 2.24) is 25.5 Å². The van der Waals surface area contributed by atoms with Gasteiger partial charge in [0.2, 0.25) is 0 Å². The number of nitrogens with one attached hydrogen (secondary N) is 1. The van der Waals surface area contributed by atoms with Gasteiger partial charge in [-0.1, -0.05) is 12.1 Å². The predicted molar refractivity (Wildman–Crippen MR) is 83.5 cm³/mol. The quantitative estimate of drug-likeness (QED) is 0.787. The van der Waals surface area contributed by atoms with E-state index in [1.807, 2.05) is 12.1 Å². The van der Waals surface area contributed by atoms with Crippen molar-refractivity contribution in [2.75, 3.05) is 0 Å². The summed E-state index contributed by atoms with van der Waals surface area (Å²) in [5.74, 6) is 0. The first-order valence-corrected chi connectivity index (χ1v) is 7.76. The number of tetrazole rings is 1. The molecule has 1 unspecified atom stereocenters. The molecule has 2 heterocycles. The van der Waals surface area contributed by atoms with Crippen LogP contribution in [-0.2, 0) is 6.54 Å². The minimum atomic E-state index is 0.265. The molecule has 2 aromatic heterocycles. The molecule has 0 aliphatic heterocycles. The highest BCUT2D eigenvalue weighted by Gasteiger charge is 2.08. The molecule has 0 spiro atoms. The molecule has 1 atom stereocenters. The molecule has 0 amide bonds. The van der Waals surface area contributed by atoms with Crippen LogP contribution in [0.25, 0.3) is 5.69 Å². The third-order valence-electron chi connectivity index (χ3n) is 3.54. The minimum Gasteiger partial charge on any atom is -0.306 e. The molecule has 5 nitrogen and oxygen atoms in total. The van der Waals surface area contributed by atoms with Crippen molar-refractivity contribution >= 4 is 11.3 Å². The number of nitrogens with zero attached hydrogens (tertiary/aromatic N) is 4. The molecule has 21 heavy (non-hydrogen) atoms. The van der Waals surface area contributed by atoms with Gasteiger partial charge in [-0.3, -0.25) is 0 Å². The Labute approximate surface area is 127 Å². The van der Waals surface area contributed by atoms with Crippen LogP contribution in [0.15, 0.2) is 41.4 Å². The van der Waals surface area contributed by atoms with Gasteiger partial charge in [-0.15, -0.1) is 5.10 Å². The average molecular weight is 299 g/mol. The number of hydrogen-bond acceptors (Lipinski definition) is 5. The van der Waals surface area contributed by atoms with Crippen LogP contribution in [0.5, 0.6) is 0 Å². The van der Waals surface area contributed by atoms with Gasteiger partial charge in [-0.05, 0) is 63.9 Å². The Kier molecular flexibility index (Phi) is 4.08. The molecule has 0 aliphatic rings. The van der Waals surface area contributed by atoms with E-state index in [1.165, 1.54) is 16.7 Å². The number of thiophene rings is 1. The lowest BCUT2D eigenvalue weighted by atomic mass is 10.1. The van der Waals surface area contributed by atoms with E-state index >= 15 is 0 Å². The Morgan fingerprint density at radius 3 is 2.95 bits per heavy atom. The summed E-state index contributed by atoms with van der Waals surface area (Å²) < 4.78 is 1.67. The summed E-state index contributed by atoms with van der Waals surface area (Å²) in [6.45, 7) is 5.20. The van der Waals surface area contributed by atoms with Crippen molar-refractivity contribution in [2.45, 2.75) is 26.4 Å². The Balaban J connectivity index is 1.71. The van der Waals surface area contributed by atoms with Gasteiger partial charge < -0.3 is 5.32 Å². The van der Waals surface area contributed by atoms with Crippen LogP contribution in [-0.4, -0.2) is 20.2 Å². The second-order valence-corrected chi connectivity index (χ2v) is 5.78. The number of aryl methyl sites for hydroxylation is 1. The van der Waals surface area contributed by atoms with Crippen molar-refractivity contribution in [3.05, 3.63) is 58.0 Å². The summed E-state index contributed by atoms with van der Waals surface area (Å²) in [7, 11) is 0. The van der Waals surface area contributed by atoms with Crippen LogP contribution in [0.2, 0.25) is 0 Å². The van der Waals surface area contributed by atoms with Gasteiger partial charge in [-0.25, -0.2) is 4.68 Å². The average Bonchev–Trinajstić information content (AvgIpc) is 3.16. The standard InChI is InChI=1S/C15H17N5S/c1-11-8-21-9-14(11)7-16-12(2)13-4-3-5-15(6-13)20-10-17-18-19-20/h3-6,8-10,12,16H,7H2,1-2H3. The summed E-state index contributed by atoms with van der Waals surface area (Å²) >= 11 is 1.75. The fourth-order valence-electron chi connectivity index (χ4n) is 2.17. The maximum atomic E-state index is 3.92. The van der Waals surface area contributed by atoms with E-state index in [2.05, 4.69) is 57.6 Å². The molecule has 0 saturated carbocycles. The summed E-state index contributed by atoms with van der Waals surface area (Å²) in [6, 6.07) is 8.51. The Morgan fingerprint density at radius 2 is 2.24 bits per heavy atom. The van der Waals surface area contributed by atoms with Gasteiger partial charge in [0.1, 0.15) is 6.33 Å². The van der Waals surface area contributed by atoms with E-state index in [9.17, 15) is 0 Å². The second kappa shape index (κ2) is 6.15. The van der Waals surface area contributed by atoms with Crippen LogP contribution in [0.4, 0.5) is 0 Å². The predicted octanol–water partition coefficient (Wildman–Crippen LogP) is 2.88. The fraction of sp³-hybridized carbons (Fsp3) is 0.267. The number of rotatable bonds is 5. The zero-order valence-corrected chi connectivity index (χ0v) is 12.8. The Bertz CT molecular complexity index is 704. The van der Waals surface area contributed by atoms with E-state index in [4.69, 9.17) is 0 Å². The summed E-state index contributed by atoms with van der Waals surface area (Å²) in [5, 5.41) is 19.2. The molecule has 0 fully saturated rings. The van der Waals surface area contributed by atoms with Gasteiger partial charge in [0.05, 0.1) is 5.69 Å². The van der Waals surface area contributed by atoms with Crippen LogP contribution >= 0.6 is 11.3 Å². The monoisotopic (exact) mass is 299 g/mol. The molecular formula is C15H17N5S. The maximum absolute atomic E-state index is 3.92. The van der Waals surface area contributed by atoms with Crippen molar-refractivity contribution in [1.29, 1.82) is 0 Å². The third kappa shape index (κ3) is 3.17. The van der Waals surface area contributed by atoms with E-state index in [1.54, 1.807) is 22.3 Å². The minimum absolute atomic E-state index is 0.265. The Morgan fingerprint density at radius 1 is 1.33 bits per heavy atom. The van der Waals surface area contributed by atoms with Crippen molar-refractivity contribution in [3.8, 4) is 5.69 Å². The van der Waals surface area contributed by atoms with Crippen molar-refractivity contribution < 1.29 is 0 Å².